The molecule has 0 bridgehead atoms. The molecule has 48 heavy (non-hydrogen) atoms. The van der Waals surface area contributed by atoms with E-state index in [0.29, 0.717) is 34.8 Å². The maximum atomic E-state index is 14.4. The number of rotatable bonds is 8. The van der Waals surface area contributed by atoms with Crippen molar-refractivity contribution >= 4 is 17.5 Å². The van der Waals surface area contributed by atoms with Gasteiger partial charge in [0.05, 0.1) is 7.11 Å². The minimum Gasteiger partial charge on any atom is -0.496 e. The number of benzene rings is 3. The first-order chi connectivity index (χ1) is 23.0. The van der Waals surface area contributed by atoms with E-state index in [1.54, 1.807) is 43.5 Å². The molecule has 0 fully saturated rings. The molecule has 11 heteroatoms. The summed E-state index contributed by atoms with van der Waals surface area (Å²) in [5, 5.41) is 6.17. The Balaban J connectivity index is 1.42. The zero-order valence-corrected chi connectivity index (χ0v) is 26.3. The van der Waals surface area contributed by atoms with Gasteiger partial charge in [-0.1, -0.05) is 42.5 Å². The fraction of sp³-hybridized carbons (Fsp3) is 0.216. The van der Waals surface area contributed by atoms with E-state index < -0.39 is 47.5 Å². The summed E-state index contributed by atoms with van der Waals surface area (Å²) in [5.74, 6) is -8.82. The Morgan fingerprint density at radius 3 is 2.33 bits per heavy atom. The van der Waals surface area contributed by atoms with Gasteiger partial charge < -0.3 is 20.1 Å². The Kier molecular flexibility index (Phi) is 9.03. The number of aryl methyl sites for hydroxylation is 1. The summed E-state index contributed by atoms with van der Waals surface area (Å²) in [5.41, 5.74) is 4.55. The third kappa shape index (κ3) is 6.27. The lowest BCUT2D eigenvalue weighted by Crippen LogP contribution is -2.37. The van der Waals surface area contributed by atoms with Crippen LogP contribution in [-0.2, 0) is 16.2 Å². The lowest BCUT2D eigenvalue weighted by Gasteiger charge is -2.37. The lowest BCUT2D eigenvalue weighted by atomic mass is 9.71. The molecule has 1 aliphatic heterocycles. The van der Waals surface area contributed by atoms with Crippen LogP contribution >= 0.6 is 0 Å². The summed E-state index contributed by atoms with van der Waals surface area (Å²) in [6, 6.07) is 18.1. The molecule has 2 N–H and O–H groups in total. The van der Waals surface area contributed by atoms with Crippen molar-refractivity contribution in [1.82, 2.24) is 10.3 Å². The van der Waals surface area contributed by atoms with Gasteiger partial charge in [-0.25, -0.2) is 13.8 Å². The first-order valence-corrected chi connectivity index (χ1v) is 15.2. The van der Waals surface area contributed by atoms with Crippen LogP contribution in [0.3, 0.4) is 0 Å². The molecule has 1 aromatic heterocycles. The zero-order chi connectivity index (χ0) is 34.1. The number of pyridine rings is 1. The largest absolute Gasteiger partial charge is 0.496 e. The van der Waals surface area contributed by atoms with Crippen LogP contribution in [-0.4, -0.2) is 23.8 Å². The smallest absolute Gasteiger partial charge is 0.255 e. The van der Waals surface area contributed by atoms with Crippen molar-refractivity contribution in [1.29, 1.82) is 0 Å². The first kappa shape index (κ1) is 32.5. The van der Waals surface area contributed by atoms with Gasteiger partial charge >= 0.3 is 0 Å². The number of Topliss-reactive ketones (excluding diaryl/α,β-unsaturated/α-hetero) is 1. The number of anilines is 1. The Bertz CT molecular complexity index is 1950. The van der Waals surface area contributed by atoms with Crippen LogP contribution in [0, 0.1) is 30.2 Å². The second-order valence-corrected chi connectivity index (χ2v) is 11.8. The van der Waals surface area contributed by atoms with E-state index in [4.69, 9.17) is 9.47 Å². The second-order valence-electron chi connectivity index (χ2n) is 11.8. The van der Waals surface area contributed by atoms with Gasteiger partial charge in [0.25, 0.3) is 5.91 Å². The zero-order valence-electron chi connectivity index (χ0n) is 26.3. The fourth-order valence-corrected chi connectivity index (χ4v) is 6.28. The van der Waals surface area contributed by atoms with Crippen molar-refractivity contribution in [3.8, 4) is 11.5 Å². The van der Waals surface area contributed by atoms with E-state index in [-0.39, 0.29) is 41.1 Å². The molecular weight excluding hydrogens is 626 g/mol. The van der Waals surface area contributed by atoms with Gasteiger partial charge in [0.2, 0.25) is 11.6 Å². The van der Waals surface area contributed by atoms with Crippen LogP contribution in [0.5, 0.6) is 11.5 Å². The van der Waals surface area contributed by atoms with E-state index in [0.717, 1.165) is 11.1 Å². The number of carbonyl (C=O) groups excluding carboxylic acids is 2. The molecule has 0 saturated heterocycles. The van der Waals surface area contributed by atoms with Crippen molar-refractivity contribution < 1.29 is 36.6 Å². The molecule has 1 aliphatic carbocycles. The molecule has 0 spiro atoms. The van der Waals surface area contributed by atoms with Gasteiger partial charge in [-0.05, 0) is 61.1 Å². The fourth-order valence-electron chi connectivity index (χ4n) is 6.28. The third-order valence-electron chi connectivity index (χ3n) is 8.58. The van der Waals surface area contributed by atoms with Crippen LogP contribution in [0.4, 0.5) is 23.4 Å². The minimum absolute atomic E-state index is 0.0816. The molecule has 0 radical (unpaired) electrons. The Morgan fingerprint density at radius 1 is 0.938 bits per heavy atom. The summed E-state index contributed by atoms with van der Waals surface area (Å²) >= 11 is 0. The number of methoxy groups -OCH3 is 1. The number of ketones is 1. The van der Waals surface area contributed by atoms with E-state index in [1.165, 1.54) is 7.11 Å². The number of dihydropyridines is 1. The third-order valence-corrected chi connectivity index (χ3v) is 8.58. The standard InChI is InChI=1S/C37H31F4N3O4/c1-19-9-12-30(42-17-19)44-37(46)31-20(2)43-27-14-23(21-7-5-4-6-8-21)15-28(45)33(27)32(31)22-10-11-29(47-3)24(13-22)18-48-36-34(40)25(38)16-26(39)35(36)41/h4-13,16-17,23,32,43H,14-15,18H2,1-3H3,(H,42,44,46)/t23-,32-/m1/s1. The molecular formula is C37H31F4N3O4. The highest BCUT2D eigenvalue weighted by atomic mass is 19.2. The van der Waals surface area contributed by atoms with Crippen molar-refractivity contribution in [2.75, 3.05) is 12.4 Å². The van der Waals surface area contributed by atoms with Crippen molar-refractivity contribution in [3.63, 3.8) is 0 Å². The van der Waals surface area contributed by atoms with E-state index in [9.17, 15) is 27.2 Å². The predicted octanol–water partition coefficient (Wildman–Crippen LogP) is 7.53. The summed E-state index contributed by atoms with van der Waals surface area (Å²) < 4.78 is 67.3. The SMILES string of the molecule is COc1ccc([C@@H]2C(C(=O)Nc3ccc(C)cn3)=C(C)NC3=C2C(=O)C[C@H](c2ccccc2)C3)cc1COc1c(F)c(F)cc(F)c1F. The highest BCUT2D eigenvalue weighted by Crippen LogP contribution is 2.46. The lowest BCUT2D eigenvalue weighted by molar-refractivity contribution is -0.116. The van der Waals surface area contributed by atoms with Crippen LogP contribution in [0.1, 0.15) is 53.9 Å². The van der Waals surface area contributed by atoms with Crippen LogP contribution in [0.15, 0.2) is 95.5 Å². The number of nitrogens with one attached hydrogen (secondary N) is 2. The number of amides is 1. The average Bonchev–Trinajstić information content (AvgIpc) is 3.08. The molecule has 0 unspecified atom stereocenters. The van der Waals surface area contributed by atoms with Gasteiger partial charge in [-0.2, -0.15) is 8.78 Å². The molecule has 246 valence electrons. The number of halogens is 4. The number of carbonyl (C=O) groups is 2. The highest BCUT2D eigenvalue weighted by molar-refractivity contribution is 6.09. The number of nitrogens with zero attached hydrogens (tertiary/aromatic N) is 1. The quantitative estimate of drug-likeness (QED) is 0.150. The van der Waals surface area contributed by atoms with Crippen molar-refractivity contribution in [2.24, 2.45) is 0 Å². The van der Waals surface area contributed by atoms with Crippen molar-refractivity contribution in [2.45, 2.75) is 45.1 Å². The van der Waals surface area contributed by atoms with Gasteiger partial charge in [0.15, 0.2) is 23.2 Å². The summed E-state index contributed by atoms with van der Waals surface area (Å²) in [4.78, 5) is 32.3. The predicted molar refractivity (Wildman–Crippen MR) is 170 cm³/mol. The topological polar surface area (TPSA) is 89.5 Å². The highest BCUT2D eigenvalue weighted by Gasteiger charge is 2.41. The van der Waals surface area contributed by atoms with Gasteiger partial charge in [-0.3, -0.25) is 9.59 Å². The normalized spacial score (nSPS) is 17.5. The van der Waals surface area contributed by atoms with Crippen LogP contribution in [0.2, 0.25) is 0 Å². The number of allylic oxidation sites excluding steroid dienone is 3. The molecule has 1 amide bonds. The Labute approximate surface area is 274 Å². The van der Waals surface area contributed by atoms with Crippen LogP contribution in [0.25, 0.3) is 0 Å². The minimum atomic E-state index is -1.68. The monoisotopic (exact) mass is 657 g/mol. The van der Waals surface area contributed by atoms with E-state index >= 15 is 0 Å². The number of ether oxygens (including phenoxy) is 2. The Hall–Kier alpha value is -5.45. The first-order valence-electron chi connectivity index (χ1n) is 15.2. The summed E-state index contributed by atoms with van der Waals surface area (Å²) in [7, 11) is 1.37. The van der Waals surface area contributed by atoms with Crippen molar-refractivity contribution in [3.05, 3.63) is 141 Å². The summed E-state index contributed by atoms with van der Waals surface area (Å²) in [6.07, 6.45) is 2.35. The molecule has 2 atom stereocenters. The molecule has 2 aliphatic rings. The van der Waals surface area contributed by atoms with Crippen LogP contribution < -0.4 is 20.1 Å². The molecule has 7 nitrogen and oxygen atoms in total. The van der Waals surface area contributed by atoms with E-state index in [2.05, 4.69) is 15.6 Å². The maximum Gasteiger partial charge on any atom is 0.255 e. The van der Waals surface area contributed by atoms with Gasteiger partial charge in [0.1, 0.15) is 18.2 Å². The maximum absolute atomic E-state index is 14.4. The average molecular weight is 658 g/mol. The Morgan fingerprint density at radius 2 is 1.67 bits per heavy atom. The summed E-state index contributed by atoms with van der Waals surface area (Å²) in [6.45, 7) is 3.07. The molecule has 4 aromatic rings. The number of hydrogen-bond acceptors (Lipinski definition) is 6. The molecule has 2 heterocycles. The molecule has 6 rings (SSSR count). The van der Waals surface area contributed by atoms with Gasteiger partial charge in [-0.15, -0.1) is 0 Å². The molecule has 0 saturated carbocycles. The van der Waals surface area contributed by atoms with E-state index in [1.807, 2.05) is 37.3 Å². The number of hydrogen-bond donors (Lipinski definition) is 2. The number of aromatic nitrogens is 1. The molecule has 3 aromatic carbocycles. The second kappa shape index (κ2) is 13.3. The van der Waals surface area contributed by atoms with Gasteiger partial charge in [0, 0.05) is 52.7 Å².